The van der Waals surface area contributed by atoms with E-state index in [0.29, 0.717) is 41.3 Å². The van der Waals surface area contributed by atoms with Crippen LogP contribution in [0.1, 0.15) is 145 Å². The molecule has 10 rings (SSSR count). The van der Waals surface area contributed by atoms with Crippen molar-refractivity contribution in [1.29, 1.82) is 0 Å². The SMILES string of the molecule is CC(C)C1=CC23CCC4C(C)(C(=O)C5(C)CCCC6(C)C7CC8C(C(C)C)=CC7(CCC56)CC8C(=O)Cl)CCCC4(C)C2CC1C(C(=O)Cl)C3. The first-order valence-corrected chi connectivity index (χ1v) is 21.5. The highest BCUT2D eigenvalue weighted by Gasteiger charge is 2.70. The van der Waals surface area contributed by atoms with E-state index in [0.717, 1.165) is 77.0 Å². The summed E-state index contributed by atoms with van der Waals surface area (Å²) in [6.07, 6.45) is 20.2. The molecule has 2 spiro atoms. The molecular formula is C45H64Cl2O3. The topological polar surface area (TPSA) is 51.2 Å². The lowest BCUT2D eigenvalue weighted by Crippen LogP contribution is -2.66. The van der Waals surface area contributed by atoms with E-state index < -0.39 is 0 Å². The van der Waals surface area contributed by atoms with Crippen LogP contribution >= 0.6 is 23.2 Å². The molecule has 3 nitrogen and oxygen atoms in total. The minimum absolute atomic E-state index is 0.0338. The molecule has 276 valence electrons. The Morgan fingerprint density at radius 2 is 0.980 bits per heavy atom. The number of rotatable bonds is 6. The molecule has 0 saturated heterocycles. The van der Waals surface area contributed by atoms with Crippen molar-refractivity contribution in [3.63, 3.8) is 0 Å². The quantitative estimate of drug-likeness (QED) is 0.202. The van der Waals surface area contributed by atoms with Crippen molar-refractivity contribution in [2.24, 2.45) is 91.7 Å². The second kappa shape index (κ2) is 11.5. The Kier molecular flexibility index (Phi) is 8.32. The minimum Gasteiger partial charge on any atom is -0.298 e. The fraction of sp³-hybridized carbons (Fsp3) is 0.844. The van der Waals surface area contributed by atoms with Gasteiger partial charge in [-0.3, -0.25) is 14.4 Å². The Morgan fingerprint density at radius 3 is 1.32 bits per heavy atom. The molecule has 0 aromatic rings. The average molecular weight is 724 g/mol. The van der Waals surface area contributed by atoms with Crippen molar-refractivity contribution in [2.45, 2.75) is 145 Å². The first-order valence-electron chi connectivity index (χ1n) is 20.8. The third-order valence-electron chi connectivity index (χ3n) is 18.6. The van der Waals surface area contributed by atoms with Gasteiger partial charge in [-0.05, 0) is 169 Å². The molecule has 14 atom stereocenters. The van der Waals surface area contributed by atoms with Gasteiger partial charge in [-0.2, -0.15) is 0 Å². The van der Waals surface area contributed by atoms with E-state index in [4.69, 9.17) is 23.2 Å². The first-order chi connectivity index (χ1) is 23.4. The van der Waals surface area contributed by atoms with Crippen molar-refractivity contribution >= 4 is 39.5 Å². The number of allylic oxidation sites excluding steroid dienone is 4. The largest absolute Gasteiger partial charge is 0.298 e. The molecule has 4 bridgehead atoms. The summed E-state index contributed by atoms with van der Waals surface area (Å²) in [5.74, 6) is 3.63. The van der Waals surface area contributed by atoms with Gasteiger partial charge in [0.05, 0.1) is 0 Å². The molecule has 6 fully saturated rings. The zero-order chi connectivity index (χ0) is 36.0. The van der Waals surface area contributed by atoms with Gasteiger partial charge < -0.3 is 0 Å². The lowest BCUT2D eigenvalue weighted by atomic mass is 9.34. The summed E-state index contributed by atoms with van der Waals surface area (Å²) in [5, 5.41) is -0.270. The number of carbonyl (C=O) groups excluding carboxylic acids is 3. The number of carbonyl (C=O) groups is 3. The molecule has 5 heteroatoms. The fourth-order valence-electron chi connectivity index (χ4n) is 16.8. The van der Waals surface area contributed by atoms with Crippen molar-refractivity contribution in [3.8, 4) is 0 Å². The number of hydrogen-bond donors (Lipinski definition) is 0. The summed E-state index contributed by atoms with van der Waals surface area (Å²) < 4.78 is 0. The summed E-state index contributed by atoms with van der Waals surface area (Å²) in [4.78, 5) is 41.5. The van der Waals surface area contributed by atoms with E-state index in [2.05, 4.69) is 67.5 Å². The van der Waals surface area contributed by atoms with Gasteiger partial charge >= 0.3 is 0 Å². The minimum atomic E-state index is -0.327. The summed E-state index contributed by atoms with van der Waals surface area (Å²) in [7, 11) is 0. The normalized spacial score (nSPS) is 52.0. The zero-order valence-corrected chi connectivity index (χ0v) is 33.8. The van der Waals surface area contributed by atoms with E-state index in [1.165, 1.54) is 24.0 Å². The zero-order valence-electron chi connectivity index (χ0n) is 32.3. The van der Waals surface area contributed by atoms with Crippen molar-refractivity contribution < 1.29 is 14.4 Å². The predicted octanol–water partition coefficient (Wildman–Crippen LogP) is 11.7. The summed E-state index contributed by atoms with van der Waals surface area (Å²) >= 11 is 12.7. The highest BCUT2D eigenvalue weighted by Crippen LogP contribution is 2.76. The summed E-state index contributed by atoms with van der Waals surface area (Å²) in [5.41, 5.74) is 2.54. The molecule has 10 aliphatic carbocycles. The standard InChI is InChI=1S/C45H64Cl2O3/c1-25(2)29-21-44-17-11-33-40(5,35(44)19-27(29)31(23-44)37(46)48)13-9-15-42(33,7)39(50)43(8)16-10-14-41(6)34(43)12-18-45-22-30(26(3)4)28(20-36(41)45)32(24-45)38(47)49/h21-22,25-28,31-36H,9-20,23-24H2,1-8H3. The number of halogens is 2. The maximum Gasteiger partial charge on any atom is 0.225 e. The van der Waals surface area contributed by atoms with Crippen LogP contribution in [0.2, 0.25) is 0 Å². The van der Waals surface area contributed by atoms with Gasteiger partial charge in [0.15, 0.2) is 0 Å². The van der Waals surface area contributed by atoms with Crippen LogP contribution in [0.5, 0.6) is 0 Å². The van der Waals surface area contributed by atoms with Crippen LogP contribution in [-0.2, 0) is 14.4 Å². The summed E-state index contributed by atoms with van der Waals surface area (Å²) in [6.45, 7) is 19.1. The van der Waals surface area contributed by atoms with Gasteiger partial charge in [0.2, 0.25) is 10.5 Å². The van der Waals surface area contributed by atoms with Crippen molar-refractivity contribution in [2.75, 3.05) is 0 Å². The second-order valence-electron chi connectivity index (χ2n) is 21.1. The van der Waals surface area contributed by atoms with E-state index in [1.807, 2.05) is 0 Å². The predicted molar refractivity (Wildman–Crippen MR) is 202 cm³/mol. The molecule has 0 heterocycles. The maximum absolute atomic E-state index is 15.8. The van der Waals surface area contributed by atoms with Crippen LogP contribution < -0.4 is 0 Å². The van der Waals surface area contributed by atoms with Gasteiger partial charge in [0, 0.05) is 22.7 Å². The first kappa shape index (κ1) is 36.1. The molecule has 0 aliphatic heterocycles. The number of ketones is 1. The molecule has 10 aliphatic rings. The number of hydrogen-bond acceptors (Lipinski definition) is 3. The molecule has 14 unspecified atom stereocenters. The lowest BCUT2D eigenvalue weighted by molar-refractivity contribution is -0.196. The molecule has 0 N–H and O–H groups in total. The number of Topliss-reactive ketones (excluding diaryl/α,β-unsaturated/α-hetero) is 1. The van der Waals surface area contributed by atoms with E-state index in [9.17, 15) is 9.59 Å². The third-order valence-corrected chi connectivity index (χ3v) is 19.2. The highest BCUT2D eigenvalue weighted by atomic mass is 35.5. The van der Waals surface area contributed by atoms with Gasteiger partial charge in [-0.15, -0.1) is 0 Å². The van der Waals surface area contributed by atoms with Gasteiger partial charge in [0.25, 0.3) is 0 Å². The monoisotopic (exact) mass is 722 g/mol. The van der Waals surface area contributed by atoms with Crippen molar-refractivity contribution in [1.82, 2.24) is 0 Å². The van der Waals surface area contributed by atoms with Crippen LogP contribution in [0.25, 0.3) is 0 Å². The Morgan fingerprint density at radius 1 is 0.600 bits per heavy atom. The lowest BCUT2D eigenvalue weighted by Gasteiger charge is -2.70. The molecule has 0 radical (unpaired) electrons. The van der Waals surface area contributed by atoms with Gasteiger partial charge in [0.1, 0.15) is 5.78 Å². The Balaban J connectivity index is 1.12. The van der Waals surface area contributed by atoms with Crippen LogP contribution in [0, 0.1) is 91.7 Å². The Bertz CT molecular complexity index is 1450. The van der Waals surface area contributed by atoms with E-state index >= 15 is 4.79 Å². The fourth-order valence-corrected chi connectivity index (χ4v) is 17.3. The molecule has 50 heavy (non-hydrogen) atoms. The molecular weight excluding hydrogens is 659 g/mol. The Labute approximate surface area is 312 Å². The Hall–Kier alpha value is -0.930. The van der Waals surface area contributed by atoms with Crippen LogP contribution in [0.4, 0.5) is 0 Å². The van der Waals surface area contributed by atoms with E-state index in [-0.39, 0.29) is 66.6 Å². The molecule has 0 amide bonds. The van der Waals surface area contributed by atoms with Gasteiger partial charge in [-0.1, -0.05) is 91.5 Å². The second-order valence-corrected chi connectivity index (χ2v) is 21.9. The smallest absolute Gasteiger partial charge is 0.225 e. The maximum atomic E-state index is 15.8. The van der Waals surface area contributed by atoms with Gasteiger partial charge in [-0.25, -0.2) is 0 Å². The molecule has 0 aromatic carbocycles. The highest BCUT2D eigenvalue weighted by molar-refractivity contribution is 6.64. The molecule has 0 aromatic heterocycles. The average Bonchev–Trinajstić information content (AvgIpc) is 3.06. The third kappa shape index (κ3) is 4.62. The molecule has 6 saturated carbocycles. The van der Waals surface area contributed by atoms with Crippen molar-refractivity contribution in [3.05, 3.63) is 23.3 Å². The number of fused-ring (bicyclic) bond motifs is 4. The van der Waals surface area contributed by atoms with Crippen LogP contribution in [0.3, 0.4) is 0 Å². The van der Waals surface area contributed by atoms with E-state index in [1.54, 1.807) is 0 Å². The van der Waals surface area contributed by atoms with Crippen LogP contribution in [0.15, 0.2) is 23.3 Å². The summed E-state index contributed by atoms with van der Waals surface area (Å²) in [6, 6.07) is 0. The van der Waals surface area contributed by atoms with Crippen LogP contribution in [-0.4, -0.2) is 16.3 Å².